The maximum absolute atomic E-state index is 13.0. The Labute approximate surface area is 187 Å². The predicted octanol–water partition coefficient (Wildman–Crippen LogP) is 5.92. The molecule has 168 valence electrons. The van der Waals surface area contributed by atoms with Gasteiger partial charge in [-0.2, -0.15) is 0 Å². The monoisotopic (exact) mass is 423 g/mol. The Bertz CT molecular complexity index is 803. The molecule has 4 nitrogen and oxygen atoms in total. The zero-order valence-electron chi connectivity index (χ0n) is 19.3. The van der Waals surface area contributed by atoms with E-state index in [1.807, 2.05) is 42.5 Å². The first-order valence-corrected chi connectivity index (χ1v) is 11.6. The maximum atomic E-state index is 13.0. The van der Waals surface area contributed by atoms with Crippen LogP contribution in [0.4, 0.5) is 0 Å². The molecule has 2 aromatic carbocycles. The van der Waals surface area contributed by atoms with Crippen molar-refractivity contribution in [3.63, 3.8) is 0 Å². The Balaban J connectivity index is 1.65. The molecule has 1 fully saturated rings. The summed E-state index contributed by atoms with van der Waals surface area (Å²) in [5.41, 5.74) is 2.25. The minimum Gasteiger partial charge on any atom is -0.497 e. The summed E-state index contributed by atoms with van der Waals surface area (Å²) < 4.78 is 11.3. The van der Waals surface area contributed by atoms with Crippen LogP contribution in [0.2, 0.25) is 0 Å². The summed E-state index contributed by atoms with van der Waals surface area (Å²) in [6, 6.07) is 18.1. The van der Waals surface area contributed by atoms with Crippen LogP contribution in [0.3, 0.4) is 0 Å². The van der Waals surface area contributed by atoms with Gasteiger partial charge in [-0.1, -0.05) is 69.7 Å². The van der Waals surface area contributed by atoms with Gasteiger partial charge < -0.3 is 14.8 Å². The molecule has 0 amide bonds. The highest BCUT2D eigenvalue weighted by Gasteiger charge is 2.33. The first-order valence-electron chi connectivity index (χ1n) is 11.6. The molecule has 1 saturated carbocycles. The number of esters is 1. The van der Waals surface area contributed by atoms with Gasteiger partial charge in [0.05, 0.1) is 13.5 Å². The van der Waals surface area contributed by atoms with E-state index in [1.54, 1.807) is 7.11 Å². The van der Waals surface area contributed by atoms with E-state index in [0.29, 0.717) is 30.7 Å². The molecule has 0 saturated heterocycles. The molecular formula is C27H37NO3. The van der Waals surface area contributed by atoms with Gasteiger partial charge in [0.25, 0.3) is 0 Å². The molecule has 0 aliphatic heterocycles. The van der Waals surface area contributed by atoms with E-state index in [0.717, 1.165) is 29.7 Å². The van der Waals surface area contributed by atoms with Crippen molar-refractivity contribution >= 4 is 5.97 Å². The van der Waals surface area contributed by atoms with Gasteiger partial charge >= 0.3 is 5.97 Å². The van der Waals surface area contributed by atoms with Crippen LogP contribution in [0.1, 0.15) is 63.6 Å². The largest absolute Gasteiger partial charge is 0.497 e. The SMILES string of the molecule is COc1ccc(CN[C@H](CC(=O)O[C@@H]2C[C@H](C)CC[C@H]2C(C)C)c2ccccc2)cc1. The van der Waals surface area contributed by atoms with Crippen LogP contribution in [0.25, 0.3) is 0 Å². The summed E-state index contributed by atoms with van der Waals surface area (Å²) in [5.74, 6) is 2.34. The number of carbonyl (C=O) groups excluding carboxylic acids is 1. The van der Waals surface area contributed by atoms with Gasteiger partial charge in [0.1, 0.15) is 11.9 Å². The standard InChI is InChI=1S/C27H37NO3/c1-19(2)24-15-10-20(3)16-26(24)31-27(29)17-25(22-8-6-5-7-9-22)28-18-21-11-13-23(30-4)14-12-21/h5-9,11-14,19-20,24-26,28H,10,15-18H2,1-4H3/t20-,24+,25-,26-/m1/s1. The van der Waals surface area contributed by atoms with Crippen molar-refractivity contribution < 1.29 is 14.3 Å². The van der Waals surface area contributed by atoms with Gasteiger partial charge in [-0.3, -0.25) is 4.79 Å². The maximum Gasteiger partial charge on any atom is 0.308 e. The predicted molar refractivity (Wildman–Crippen MR) is 125 cm³/mol. The van der Waals surface area contributed by atoms with E-state index in [4.69, 9.17) is 9.47 Å². The van der Waals surface area contributed by atoms with Crippen molar-refractivity contribution in [2.45, 2.75) is 65.1 Å². The van der Waals surface area contributed by atoms with Crippen LogP contribution in [0.15, 0.2) is 54.6 Å². The molecule has 1 N–H and O–H groups in total. The van der Waals surface area contributed by atoms with E-state index < -0.39 is 0 Å². The Morgan fingerprint density at radius 2 is 1.77 bits per heavy atom. The van der Waals surface area contributed by atoms with E-state index in [1.165, 1.54) is 6.42 Å². The summed E-state index contributed by atoms with van der Waals surface area (Å²) >= 11 is 0. The lowest BCUT2D eigenvalue weighted by molar-refractivity contribution is -0.156. The highest BCUT2D eigenvalue weighted by Crippen LogP contribution is 2.35. The normalized spacial score (nSPS) is 22.2. The highest BCUT2D eigenvalue weighted by atomic mass is 16.5. The summed E-state index contributed by atoms with van der Waals surface area (Å²) in [5, 5.41) is 3.56. The third kappa shape index (κ3) is 6.83. The molecule has 4 heteroatoms. The number of hydrogen-bond acceptors (Lipinski definition) is 4. The first kappa shape index (κ1) is 23.3. The number of methoxy groups -OCH3 is 1. The Hall–Kier alpha value is -2.33. The molecule has 4 atom stereocenters. The minimum atomic E-state index is -0.110. The average Bonchev–Trinajstić information content (AvgIpc) is 2.77. The third-order valence-corrected chi connectivity index (χ3v) is 6.53. The van der Waals surface area contributed by atoms with Crippen molar-refractivity contribution in [3.05, 3.63) is 65.7 Å². The number of ether oxygens (including phenoxy) is 2. The third-order valence-electron chi connectivity index (χ3n) is 6.53. The lowest BCUT2D eigenvalue weighted by Gasteiger charge is -2.37. The molecule has 3 rings (SSSR count). The Kier molecular flexibility index (Phi) is 8.53. The summed E-state index contributed by atoms with van der Waals surface area (Å²) in [4.78, 5) is 13.0. The molecule has 31 heavy (non-hydrogen) atoms. The molecule has 0 spiro atoms. The van der Waals surface area contributed by atoms with Crippen molar-refractivity contribution in [2.75, 3.05) is 7.11 Å². The van der Waals surface area contributed by atoms with E-state index in [9.17, 15) is 4.79 Å². The van der Waals surface area contributed by atoms with Gasteiger partial charge in [0.2, 0.25) is 0 Å². The zero-order valence-corrected chi connectivity index (χ0v) is 19.3. The fourth-order valence-corrected chi connectivity index (χ4v) is 4.61. The fraction of sp³-hybridized carbons (Fsp3) is 0.519. The van der Waals surface area contributed by atoms with Crippen LogP contribution in [0, 0.1) is 17.8 Å². The average molecular weight is 424 g/mol. The number of carbonyl (C=O) groups is 1. The van der Waals surface area contributed by atoms with Crippen molar-refractivity contribution in [2.24, 2.45) is 17.8 Å². The molecule has 0 unspecified atom stereocenters. The number of hydrogen-bond donors (Lipinski definition) is 1. The molecule has 0 heterocycles. The number of nitrogens with one attached hydrogen (secondary N) is 1. The van der Waals surface area contributed by atoms with Crippen LogP contribution in [-0.4, -0.2) is 19.2 Å². The molecule has 0 aromatic heterocycles. The minimum absolute atomic E-state index is 0.0364. The molecule has 0 radical (unpaired) electrons. The topological polar surface area (TPSA) is 47.6 Å². The van der Waals surface area contributed by atoms with E-state index in [-0.39, 0.29) is 18.1 Å². The van der Waals surface area contributed by atoms with Crippen LogP contribution in [0.5, 0.6) is 5.75 Å². The Morgan fingerprint density at radius 3 is 2.42 bits per heavy atom. The number of rotatable bonds is 9. The first-order chi connectivity index (χ1) is 15.0. The zero-order chi connectivity index (χ0) is 22.2. The van der Waals surface area contributed by atoms with Crippen LogP contribution < -0.4 is 10.1 Å². The highest BCUT2D eigenvalue weighted by molar-refractivity contribution is 5.70. The second kappa shape index (κ2) is 11.3. The van der Waals surface area contributed by atoms with Crippen molar-refractivity contribution in [1.82, 2.24) is 5.32 Å². The molecular weight excluding hydrogens is 386 g/mol. The summed E-state index contributed by atoms with van der Waals surface area (Å²) in [7, 11) is 1.67. The molecule has 1 aliphatic rings. The van der Waals surface area contributed by atoms with E-state index in [2.05, 4.69) is 38.2 Å². The quantitative estimate of drug-likeness (QED) is 0.509. The second-order valence-corrected chi connectivity index (χ2v) is 9.25. The van der Waals surface area contributed by atoms with Crippen molar-refractivity contribution in [1.29, 1.82) is 0 Å². The fourth-order valence-electron chi connectivity index (χ4n) is 4.61. The van der Waals surface area contributed by atoms with Gasteiger partial charge in [0.15, 0.2) is 0 Å². The van der Waals surface area contributed by atoms with Gasteiger partial charge in [-0.05, 0) is 53.9 Å². The van der Waals surface area contributed by atoms with Crippen LogP contribution >= 0.6 is 0 Å². The lowest BCUT2D eigenvalue weighted by atomic mass is 9.75. The second-order valence-electron chi connectivity index (χ2n) is 9.25. The lowest BCUT2D eigenvalue weighted by Crippen LogP contribution is -2.36. The van der Waals surface area contributed by atoms with Gasteiger partial charge in [0, 0.05) is 12.6 Å². The van der Waals surface area contributed by atoms with Crippen LogP contribution in [-0.2, 0) is 16.1 Å². The smallest absolute Gasteiger partial charge is 0.308 e. The Morgan fingerprint density at radius 1 is 1.06 bits per heavy atom. The van der Waals surface area contributed by atoms with Gasteiger partial charge in [-0.15, -0.1) is 0 Å². The molecule has 2 aromatic rings. The summed E-state index contributed by atoms with van der Waals surface area (Å²) in [6.45, 7) is 7.42. The summed E-state index contributed by atoms with van der Waals surface area (Å²) in [6.07, 6.45) is 3.72. The van der Waals surface area contributed by atoms with E-state index >= 15 is 0 Å². The molecule has 1 aliphatic carbocycles. The van der Waals surface area contributed by atoms with Gasteiger partial charge in [-0.25, -0.2) is 0 Å². The molecule has 0 bridgehead atoms. The van der Waals surface area contributed by atoms with Crippen molar-refractivity contribution in [3.8, 4) is 5.75 Å². The number of benzene rings is 2.